The van der Waals surface area contributed by atoms with Crippen molar-refractivity contribution in [2.45, 2.75) is 6.36 Å². The SMILES string of the molecule is C=CCN(CCOC(F)(F)F)CC(=O)O. The average molecular weight is 227 g/mol. The summed E-state index contributed by atoms with van der Waals surface area (Å²) in [7, 11) is 0. The van der Waals surface area contributed by atoms with Gasteiger partial charge in [0, 0.05) is 13.1 Å². The van der Waals surface area contributed by atoms with E-state index in [-0.39, 0.29) is 19.6 Å². The average Bonchev–Trinajstić information content (AvgIpc) is 2.00. The molecule has 0 radical (unpaired) electrons. The van der Waals surface area contributed by atoms with Crippen molar-refractivity contribution < 1.29 is 27.8 Å². The first kappa shape index (κ1) is 13.9. The smallest absolute Gasteiger partial charge is 0.480 e. The quantitative estimate of drug-likeness (QED) is 0.661. The largest absolute Gasteiger partial charge is 0.522 e. The third-order valence-electron chi connectivity index (χ3n) is 1.42. The summed E-state index contributed by atoms with van der Waals surface area (Å²) in [6.07, 6.45) is -3.26. The molecule has 0 spiro atoms. The number of rotatable bonds is 7. The number of carboxylic acid groups (broad SMARTS) is 1. The van der Waals surface area contributed by atoms with Gasteiger partial charge in [0.1, 0.15) is 0 Å². The maximum Gasteiger partial charge on any atom is 0.522 e. The number of nitrogens with zero attached hydrogens (tertiary/aromatic N) is 1. The van der Waals surface area contributed by atoms with E-state index >= 15 is 0 Å². The highest BCUT2D eigenvalue weighted by Gasteiger charge is 2.28. The van der Waals surface area contributed by atoms with E-state index < -0.39 is 18.9 Å². The molecule has 15 heavy (non-hydrogen) atoms. The Labute approximate surface area is 84.9 Å². The molecule has 0 aliphatic carbocycles. The van der Waals surface area contributed by atoms with E-state index in [0.717, 1.165) is 0 Å². The minimum Gasteiger partial charge on any atom is -0.480 e. The van der Waals surface area contributed by atoms with Crippen molar-refractivity contribution in [3.63, 3.8) is 0 Å². The molecule has 0 aliphatic rings. The molecule has 0 rings (SSSR count). The fourth-order valence-electron chi connectivity index (χ4n) is 0.899. The lowest BCUT2D eigenvalue weighted by Crippen LogP contribution is -2.34. The molecule has 0 saturated carbocycles. The summed E-state index contributed by atoms with van der Waals surface area (Å²) in [5.74, 6) is -1.11. The van der Waals surface area contributed by atoms with Crippen molar-refractivity contribution in [3.05, 3.63) is 12.7 Å². The van der Waals surface area contributed by atoms with Gasteiger partial charge in [-0.05, 0) is 0 Å². The second-order valence-corrected chi connectivity index (χ2v) is 2.71. The highest BCUT2D eigenvalue weighted by atomic mass is 19.4. The molecule has 0 saturated heterocycles. The van der Waals surface area contributed by atoms with Crippen LogP contribution >= 0.6 is 0 Å². The van der Waals surface area contributed by atoms with Crippen LogP contribution in [0.3, 0.4) is 0 Å². The van der Waals surface area contributed by atoms with E-state index in [1.165, 1.54) is 11.0 Å². The predicted molar refractivity (Wildman–Crippen MR) is 46.3 cm³/mol. The maximum atomic E-state index is 11.6. The van der Waals surface area contributed by atoms with Gasteiger partial charge in [-0.3, -0.25) is 14.4 Å². The molecule has 7 heteroatoms. The Morgan fingerprint density at radius 3 is 2.53 bits per heavy atom. The molecule has 0 aliphatic heterocycles. The molecule has 0 atom stereocenters. The van der Waals surface area contributed by atoms with Crippen LogP contribution in [0.2, 0.25) is 0 Å². The van der Waals surface area contributed by atoms with Crippen LogP contribution in [0.1, 0.15) is 0 Å². The molecule has 4 nitrogen and oxygen atoms in total. The minimum atomic E-state index is -4.68. The Hall–Kier alpha value is -1.08. The first-order chi connectivity index (χ1) is 6.85. The van der Waals surface area contributed by atoms with Crippen LogP contribution in [0.4, 0.5) is 13.2 Å². The van der Waals surface area contributed by atoms with Gasteiger partial charge in [-0.2, -0.15) is 0 Å². The van der Waals surface area contributed by atoms with Crippen molar-refractivity contribution in [2.24, 2.45) is 0 Å². The molecule has 0 amide bonds. The fraction of sp³-hybridized carbons (Fsp3) is 0.625. The first-order valence-electron chi connectivity index (χ1n) is 4.11. The summed E-state index contributed by atoms with van der Waals surface area (Å²) >= 11 is 0. The van der Waals surface area contributed by atoms with E-state index in [1.54, 1.807) is 0 Å². The lowest BCUT2D eigenvalue weighted by atomic mass is 10.4. The Morgan fingerprint density at radius 1 is 1.53 bits per heavy atom. The van der Waals surface area contributed by atoms with Gasteiger partial charge < -0.3 is 5.11 Å². The number of carboxylic acids is 1. The number of hydrogen-bond donors (Lipinski definition) is 1. The van der Waals surface area contributed by atoms with Crippen molar-refractivity contribution in [3.8, 4) is 0 Å². The second-order valence-electron chi connectivity index (χ2n) is 2.71. The first-order valence-corrected chi connectivity index (χ1v) is 4.11. The maximum absolute atomic E-state index is 11.6. The van der Waals surface area contributed by atoms with Gasteiger partial charge in [-0.15, -0.1) is 19.8 Å². The molecule has 0 aromatic heterocycles. The Balaban J connectivity index is 3.85. The third-order valence-corrected chi connectivity index (χ3v) is 1.42. The molecule has 88 valence electrons. The van der Waals surface area contributed by atoms with Gasteiger partial charge in [0.2, 0.25) is 0 Å². The topological polar surface area (TPSA) is 49.8 Å². The second kappa shape index (κ2) is 6.41. The number of alkyl halides is 3. The standard InChI is InChI=1S/C8H12F3NO3/c1-2-3-12(6-7(13)14)4-5-15-8(9,10)11/h2H,1,3-6H2,(H,13,14). The number of halogens is 3. The summed E-state index contributed by atoms with van der Waals surface area (Å²) in [6, 6.07) is 0. The van der Waals surface area contributed by atoms with Crippen LogP contribution in [-0.2, 0) is 9.53 Å². The van der Waals surface area contributed by atoms with Crippen molar-refractivity contribution in [1.29, 1.82) is 0 Å². The normalized spacial score (nSPS) is 11.7. The summed E-state index contributed by atoms with van der Waals surface area (Å²) in [4.78, 5) is 11.6. The molecular weight excluding hydrogens is 215 g/mol. The Bertz CT molecular complexity index is 218. The van der Waals surface area contributed by atoms with Crippen molar-refractivity contribution in [1.82, 2.24) is 4.90 Å². The Kier molecular flexibility index (Phi) is 5.95. The number of hydrogen-bond acceptors (Lipinski definition) is 3. The number of ether oxygens (including phenoxy) is 1. The van der Waals surface area contributed by atoms with Gasteiger partial charge in [-0.25, -0.2) is 0 Å². The van der Waals surface area contributed by atoms with Crippen molar-refractivity contribution >= 4 is 5.97 Å². The highest BCUT2D eigenvalue weighted by molar-refractivity contribution is 5.69. The molecule has 0 bridgehead atoms. The predicted octanol–water partition coefficient (Wildman–Crippen LogP) is 1.10. The monoisotopic (exact) mass is 227 g/mol. The summed E-state index contributed by atoms with van der Waals surface area (Å²) in [6.45, 7) is 2.52. The van der Waals surface area contributed by atoms with Gasteiger partial charge in [0.15, 0.2) is 0 Å². The molecule has 0 fully saturated rings. The summed E-state index contributed by atoms with van der Waals surface area (Å²) in [5.41, 5.74) is 0. The lowest BCUT2D eigenvalue weighted by molar-refractivity contribution is -0.324. The number of aliphatic carboxylic acids is 1. The Morgan fingerprint density at radius 2 is 2.13 bits per heavy atom. The van der Waals surface area contributed by atoms with Crippen LogP contribution in [0.5, 0.6) is 0 Å². The van der Waals surface area contributed by atoms with Crippen molar-refractivity contribution in [2.75, 3.05) is 26.2 Å². The summed E-state index contributed by atoms with van der Waals surface area (Å²) in [5, 5.41) is 8.43. The minimum absolute atomic E-state index is 0.113. The molecule has 0 unspecified atom stereocenters. The zero-order valence-electron chi connectivity index (χ0n) is 7.96. The van der Waals surface area contributed by atoms with E-state index in [9.17, 15) is 18.0 Å². The molecular formula is C8H12F3NO3. The van der Waals surface area contributed by atoms with Crippen LogP contribution in [0.15, 0.2) is 12.7 Å². The zero-order chi connectivity index (χ0) is 11.9. The summed E-state index contributed by atoms with van der Waals surface area (Å²) < 4.78 is 38.3. The van der Waals surface area contributed by atoms with Gasteiger partial charge in [-0.1, -0.05) is 6.08 Å². The van der Waals surface area contributed by atoms with Gasteiger partial charge >= 0.3 is 12.3 Å². The molecule has 0 aromatic carbocycles. The molecule has 1 N–H and O–H groups in total. The van der Waals surface area contributed by atoms with Crippen LogP contribution in [-0.4, -0.2) is 48.6 Å². The van der Waals surface area contributed by atoms with E-state index in [0.29, 0.717) is 0 Å². The fourth-order valence-corrected chi connectivity index (χ4v) is 0.899. The van der Waals surface area contributed by atoms with E-state index in [1.807, 2.05) is 0 Å². The van der Waals surface area contributed by atoms with Crippen LogP contribution in [0.25, 0.3) is 0 Å². The van der Waals surface area contributed by atoms with Crippen LogP contribution in [0, 0.1) is 0 Å². The molecule has 0 aromatic rings. The van der Waals surface area contributed by atoms with E-state index in [2.05, 4.69) is 11.3 Å². The zero-order valence-corrected chi connectivity index (χ0v) is 7.96. The van der Waals surface area contributed by atoms with Gasteiger partial charge in [0.25, 0.3) is 0 Å². The van der Waals surface area contributed by atoms with Crippen LogP contribution < -0.4 is 0 Å². The number of carbonyl (C=O) groups is 1. The third kappa shape index (κ3) is 9.23. The van der Waals surface area contributed by atoms with E-state index in [4.69, 9.17) is 5.11 Å². The highest BCUT2D eigenvalue weighted by Crippen LogP contribution is 2.15. The lowest BCUT2D eigenvalue weighted by Gasteiger charge is -2.18. The van der Waals surface area contributed by atoms with Gasteiger partial charge in [0.05, 0.1) is 13.2 Å². The molecule has 0 heterocycles.